The number of hydrogen-bond acceptors (Lipinski definition) is 2. The first-order valence-electron chi connectivity index (χ1n) is 4.18. The molecule has 0 saturated heterocycles. The van der Waals surface area contributed by atoms with Crippen LogP contribution in [-0.2, 0) is 0 Å². The van der Waals surface area contributed by atoms with Crippen LogP contribution >= 0.6 is 0 Å². The van der Waals surface area contributed by atoms with Gasteiger partial charge in [0.2, 0.25) is 0 Å². The van der Waals surface area contributed by atoms with Crippen molar-refractivity contribution in [3.8, 4) is 0 Å². The smallest absolute Gasteiger partial charge is 0.172 e. The van der Waals surface area contributed by atoms with Crippen LogP contribution in [0.2, 0.25) is 0 Å². The Kier molecular flexibility index (Phi) is 2.53. The summed E-state index contributed by atoms with van der Waals surface area (Å²) >= 11 is 0. The molecule has 0 aliphatic heterocycles. The van der Waals surface area contributed by atoms with Crippen LogP contribution < -0.4 is 0 Å². The Morgan fingerprint density at radius 1 is 1.33 bits per heavy atom. The van der Waals surface area contributed by atoms with Crippen LogP contribution in [0.15, 0.2) is 16.8 Å². The molecule has 66 valence electrons. The molecule has 0 aromatic carbocycles. The summed E-state index contributed by atoms with van der Waals surface area (Å²) in [6.45, 7) is 7.85. The number of hydrogen-bond donors (Lipinski definition) is 0. The SMILES string of the molecule is CC.Cc1cn2oc(C)cc2n1. The van der Waals surface area contributed by atoms with Gasteiger partial charge in [-0.1, -0.05) is 13.8 Å². The molecule has 0 saturated carbocycles. The molecule has 0 aliphatic rings. The molecule has 0 bridgehead atoms. The van der Waals surface area contributed by atoms with Gasteiger partial charge in [-0.25, -0.2) is 4.98 Å². The zero-order chi connectivity index (χ0) is 9.14. The standard InChI is InChI=1S/C7H8N2O.C2H6/c1-5-4-9-7(8-5)3-6(2)10-9;1-2/h3-4H,1-2H3;1-2H3. The minimum Gasteiger partial charge on any atom is -0.378 e. The van der Waals surface area contributed by atoms with Crippen molar-refractivity contribution >= 4 is 5.65 Å². The average molecular weight is 166 g/mol. The van der Waals surface area contributed by atoms with Crippen molar-refractivity contribution in [2.75, 3.05) is 0 Å². The Hall–Kier alpha value is -1.25. The van der Waals surface area contributed by atoms with Gasteiger partial charge in [-0.3, -0.25) is 0 Å². The van der Waals surface area contributed by atoms with E-state index in [1.54, 1.807) is 4.57 Å². The third-order valence-electron chi connectivity index (χ3n) is 1.40. The van der Waals surface area contributed by atoms with Gasteiger partial charge in [0.15, 0.2) is 5.65 Å². The van der Waals surface area contributed by atoms with Gasteiger partial charge < -0.3 is 4.52 Å². The van der Waals surface area contributed by atoms with Crippen LogP contribution in [0, 0.1) is 13.8 Å². The van der Waals surface area contributed by atoms with Gasteiger partial charge in [0.1, 0.15) is 5.76 Å². The molecule has 0 atom stereocenters. The molecular weight excluding hydrogens is 152 g/mol. The third-order valence-corrected chi connectivity index (χ3v) is 1.40. The van der Waals surface area contributed by atoms with Crippen molar-refractivity contribution in [1.29, 1.82) is 0 Å². The highest BCUT2D eigenvalue weighted by atomic mass is 16.5. The fraction of sp³-hybridized carbons (Fsp3) is 0.444. The Bertz CT molecular complexity index is 296. The summed E-state index contributed by atoms with van der Waals surface area (Å²) < 4.78 is 6.91. The lowest BCUT2D eigenvalue weighted by Gasteiger charge is -1.77. The Balaban J connectivity index is 0.000000336. The van der Waals surface area contributed by atoms with E-state index in [-0.39, 0.29) is 0 Å². The molecule has 0 radical (unpaired) electrons. The van der Waals surface area contributed by atoms with Crippen LogP contribution in [0.3, 0.4) is 0 Å². The Labute approximate surface area is 72.0 Å². The van der Waals surface area contributed by atoms with Crippen molar-refractivity contribution in [3.63, 3.8) is 0 Å². The van der Waals surface area contributed by atoms with Gasteiger partial charge in [0, 0.05) is 6.07 Å². The van der Waals surface area contributed by atoms with E-state index < -0.39 is 0 Å². The average Bonchev–Trinajstić information content (AvgIpc) is 2.48. The van der Waals surface area contributed by atoms with E-state index in [0.717, 1.165) is 17.1 Å². The van der Waals surface area contributed by atoms with Crippen LogP contribution in [0.5, 0.6) is 0 Å². The number of aryl methyl sites for hydroxylation is 2. The van der Waals surface area contributed by atoms with Gasteiger partial charge in [0.25, 0.3) is 0 Å². The van der Waals surface area contributed by atoms with Crippen molar-refractivity contribution in [1.82, 2.24) is 9.56 Å². The summed E-state index contributed by atoms with van der Waals surface area (Å²) in [6.07, 6.45) is 1.86. The molecule has 0 aliphatic carbocycles. The maximum Gasteiger partial charge on any atom is 0.172 e. The highest BCUT2D eigenvalue weighted by molar-refractivity contribution is 5.38. The first kappa shape index (κ1) is 8.84. The molecule has 0 amide bonds. The maximum atomic E-state index is 5.24. The molecule has 2 rings (SSSR count). The van der Waals surface area contributed by atoms with Gasteiger partial charge >= 0.3 is 0 Å². The molecule has 0 spiro atoms. The molecule has 0 unspecified atom stereocenters. The number of rotatable bonds is 0. The van der Waals surface area contributed by atoms with E-state index in [9.17, 15) is 0 Å². The number of nitrogens with zero attached hydrogens (tertiary/aromatic N) is 2. The zero-order valence-electron chi connectivity index (χ0n) is 7.96. The lowest BCUT2D eigenvalue weighted by Crippen LogP contribution is -1.68. The predicted octanol–water partition coefficient (Wildman–Crippen LogP) is 2.57. The molecule has 0 fully saturated rings. The predicted molar refractivity (Wildman–Crippen MR) is 48.3 cm³/mol. The third kappa shape index (κ3) is 1.49. The molecule has 2 aromatic heterocycles. The van der Waals surface area contributed by atoms with E-state index in [1.807, 2.05) is 40.0 Å². The first-order valence-corrected chi connectivity index (χ1v) is 4.18. The monoisotopic (exact) mass is 166 g/mol. The van der Waals surface area contributed by atoms with Crippen LogP contribution in [0.25, 0.3) is 5.65 Å². The maximum absolute atomic E-state index is 5.24. The van der Waals surface area contributed by atoms with Crippen molar-refractivity contribution in [3.05, 3.63) is 23.7 Å². The lowest BCUT2D eigenvalue weighted by atomic mass is 10.5. The Morgan fingerprint density at radius 2 is 2.00 bits per heavy atom. The molecule has 2 heterocycles. The normalized spacial score (nSPS) is 9.67. The second-order valence-corrected chi connectivity index (χ2v) is 2.41. The van der Waals surface area contributed by atoms with Crippen molar-refractivity contribution in [2.45, 2.75) is 27.7 Å². The fourth-order valence-corrected chi connectivity index (χ4v) is 1.03. The summed E-state index contributed by atoms with van der Waals surface area (Å²) in [5.74, 6) is 0.891. The molecular formula is C9H14N2O. The second-order valence-electron chi connectivity index (χ2n) is 2.41. The second kappa shape index (κ2) is 3.43. The number of aromatic nitrogens is 2. The van der Waals surface area contributed by atoms with Gasteiger partial charge in [0.05, 0.1) is 11.9 Å². The largest absolute Gasteiger partial charge is 0.378 e. The van der Waals surface area contributed by atoms with Gasteiger partial charge in [-0.2, -0.15) is 4.57 Å². The summed E-state index contributed by atoms with van der Waals surface area (Å²) in [5, 5.41) is 0. The molecule has 3 heteroatoms. The van der Waals surface area contributed by atoms with E-state index in [1.165, 1.54) is 0 Å². The summed E-state index contributed by atoms with van der Waals surface area (Å²) in [5.41, 5.74) is 1.87. The van der Waals surface area contributed by atoms with E-state index >= 15 is 0 Å². The summed E-state index contributed by atoms with van der Waals surface area (Å²) in [7, 11) is 0. The minimum absolute atomic E-state index is 0.884. The highest BCUT2D eigenvalue weighted by Crippen LogP contribution is 2.08. The molecule has 3 nitrogen and oxygen atoms in total. The summed E-state index contributed by atoms with van der Waals surface area (Å²) in [4.78, 5) is 4.20. The van der Waals surface area contributed by atoms with Crippen LogP contribution in [-0.4, -0.2) is 9.56 Å². The van der Waals surface area contributed by atoms with Crippen LogP contribution in [0.4, 0.5) is 0 Å². The molecule has 2 aromatic rings. The number of fused-ring (bicyclic) bond motifs is 1. The number of imidazole rings is 1. The first-order chi connectivity index (χ1) is 5.75. The highest BCUT2D eigenvalue weighted by Gasteiger charge is 2.00. The molecule has 12 heavy (non-hydrogen) atoms. The van der Waals surface area contributed by atoms with Gasteiger partial charge in [-0.05, 0) is 13.8 Å². The fourth-order valence-electron chi connectivity index (χ4n) is 1.03. The van der Waals surface area contributed by atoms with Crippen molar-refractivity contribution < 1.29 is 4.52 Å². The van der Waals surface area contributed by atoms with Gasteiger partial charge in [-0.15, -0.1) is 0 Å². The van der Waals surface area contributed by atoms with Crippen LogP contribution in [0.1, 0.15) is 25.3 Å². The topological polar surface area (TPSA) is 30.4 Å². The minimum atomic E-state index is 0.884. The summed E-state index contributed by atoms with van der Waals surface area (Å²) in [6, 6.07) is 1.91. The quantitative estimate of drug-likeness (QED) is 0.602. The zero-order valence-corrected chi connectivity index (χ0v) is 7.96. The Morgan fingerprint density at radius 3 is 2.58 bits per heavy atom. The van der Waals surface area contributed by atoms with E-state index in [4.69, 9.17) is 4.52 Å². The van der Waals surface area contributed by atoms with E-state index in [2.05, 4.69) is 4.98 Å². The molecule has 0 N–H and O–H groups in total. The van der Waals surface area contributed by atoms with E-state index in [0.29, 0.717) is 0 Å². The lowest BCUT2D eigenvalue weighted by molar-refractivity contribution is 0.357. The van der Waals surface area contributed by atoms with Crippen molar-refractivity contribution in [2.24, 2.45) is 0 Å².